The number of amidine groups is 1. The van der Waals surface area contributed by atoms with Crippen molar-refractivity contribution in [3.63, 3.8) is 0 Å². The second-order valence-corrected chi connectivity index (χ2v) is 5.60. The lowest BCUT2D eigenvalue weighted by Gasteiger charge is -2.43. The highest BCUT2D eigenvalue weighted by atomic mass is 16.4. The van der Waals surface area contributed by atoms with E-state index >= 15 is 0 Å². The van der Waals surface area contributed by atoms with Crippen molar-refractivity contribution in [3.8, 4) is 0 Å². The molecule has 1 unspecified atom stereocenters. The molecule has 0 spiro atoms. The summed E-state index contributed by atoms with van der Waals surface area (Å²) in [5.74, 6) is 0.352. The summed E-state index contributed by atoms with van der Waals surface area (Å²) < 4.78 is 0. The first-order valence-corrected chi connectivity index (χ1v) is 7.31. The van der Waals surface area contributed by atoms with Crippen molar-refractivity contribution in [1.29, 1.82) is 0 Å². The smallest absolute Gasteiger partial charge is 0.140 e. The maximum atomic E-state index is 8.68. The molecule has 1 aliphatic rings. The Morgan fingerprint density at radius 2 is 1.83 bits per heavy atom. The van der Waals surface area contributed by atoms with Gasteiger partial charge in [-0.3, -0.25) is 4.90 Å². The quantitative estimate of drug-likeness (QED) is 0.332. The highest BCUT2D eigenvalue weighted by Gasteiger charge is 2.33. The van der Waals surface area contributed by atoms with Crippen molar-refractivity contribution in [2.75, 3.05) is 13.1 Å². The van der Waals surface area contributed by atoms with Crippen LogP contribution in [0, 0.1) is 5.41 Å². The van der Waals surface area contributed by atoms with Crippen LogP contribution in [0.5, 0.6) is 0 Å². The Balaban J connectivity index is 2.54. The van der Waals surface area contributed by atoms with Gasteiger partial charge >= 0.3 is 0 Å². The van der Waals surface area contributed by atoms with Crippen molar-refractivity contribution in [2.24, 2.45) is 16.3 Å². The van der Waals surface area contributed by atoms with E-state index in [2.05, 4.69) is 30.8 Å². The number of oxime groups is 1. The van der Waals surface area contributed by atoms with Crippen LogP contribution in [0.2, 0.25) is 0 Å². The Hall–Kier alpha value is -0.770. The van der Waals surface area contributed by atoms with Crippen LogP contribution >= 0.6 is 0 Å². The van der Waals surface area contributed by atoms with Gasteiger partial charge in [0.25, 0.3) is 0 Å². The molecular formula is C14H29N3O. The molecule has 4 nitrogen and oxygen atoms in total. The molecule has 0 aromatic rings. The van der Waals surface area contributed by atoms with Crippen molar-refractivity contribution >= 4 is 5.84 Å². The lowest BCUT2D eigenvalue weighted by molar-refractivity contribution is 0.0663. The van der Waals surface area contributed by atoms with Crippen molar-refractivity contribution in [2.45, 2.75) is 65.3 Å². The van der Waals surface area contributed by atoms with Gasteiger partial charge in [0.1, 0.15) is 5.84 Å². The van der Waals surface area contributed by atoms with E-state index in [1.807, 2.05) is 0 Å². The number of hydrogen-bond donors (Lipinski definition) is 2. The molecule has 1 saturated heterocycles. The van der Waals surface area contributed by atoms with Crippen LogP contribution in [0.3, 0.4) is 0 Å². The molecule has 1 rings (SSSR count). The van der Waals surface area contributed by atoms with E-state index in [0.717, 1.165) is 19.5 Å². The summed E-state index contributed by atoms with van der Waals surface area (Å²) in [4.78, 5) is 2.52. The third-order valence-corrected chi connectivity index (χ3v) is 4.92. The van der Waals surface area contributed by atoms with E-state index < -0.39 is 0 Å². The normalized spacial score (nSPS) is 22.9. The number of nitrogens with zero attached hydrogens (tertiary/aromatic N) is 2. The van der Waals surface area contributed by atoms with Crippen LogP contribution in [0.4, 0.5) is 0 Å². The molecular weight excluding hydrogens is 226 g/mol. The molecule has 0 saturated carbocycles. The van der Waals surface area contributed by atoms with Crippen LogP contribution in [0.1, 0.15) is 59.3 Å². The molecule has 1 aliphatic heterocycles. The zero-order valence-electron chi connectivity index (χ0n) is 12.2. The standard InChI is InChI=1S/C14H29N3O/c1-4-12(11-13(15)16-18)17-9-7-14(5-2,6-3)8-10-17/h12,18H,4-11H2,1-3H3,(H2,15,16). The summed E-state index contributed by atoms with van der Waals surface area (Å²) in [5.41, 5.74) is 6.20. The molecule has 1 heterocycles. The third-order valence-electron chi connectivity index (χ3n) is 4.92. The van der Waals surface area contributed by atoms with Crippen molar-refractivity contribution < 1.29 is 5.21 Å². The first-order valence-electron chi connectivity index (χ1n) is 7.31. The Bertz CT molecular complexity index is 264. The average molecular weight is 255 g/mol. The molecule has 4 heteroatoms. The molecule has 0 amide bonds. The summed E-state index contributed by atoms with van der Waals surface area (Å²) >= 11 is 0. The number of nitrogens with two attached hydrogens (primary N) is 1. The van der Waals surface area contributed by atoms with Gasteiger partial charge in [-0.2, -0.15) is 0 Å². The molecule has 0 radical (unpaired) electrons. The summed E-state index contributed by atoms with van der Waals surface area (Å²) in [6, 6.07) is 0.424. The Morgan fingerprint density at radius 3 is 2.22 bits per heavy atom. The predicted molar refractivity (Wildman–Crippen MR) is 75.9 cm³/mol. The molecule has 18 heavy (non-hydrogen) atoms. The molecule has 1 fully saturated rings. The second kappa shape index (κ2) is 6.98. The fraction of sp³-hybridized carbons (Fsp3) is 0.929. The van der Waals surface area contributed by atoms with E-state index in [-0.39, 0.29) is 0 Å². The maximum absolute atomic E-state index is 8.68. The van der Waals surface area contributed by atoms with E-state index in [9.17, 15) is 0 Å². The molecule has 0 aromatic carbocycles. The van der Waals surface area contributed by atoms with E-state index in [0.29, 0.717) is 23.7 Å². The summed E-state index contributed by atoms with van der Waals surface area (Å²) in [6.07, 6.45) is 6.88. The average Bonchev–Trinajstić information content (AvgIpc) is 2.44. The first kappa shape index (κ1) is 15.3. The van der Waals surface area contributed by atoms with E-state index in [1.165, 1.54) is 25.7 Å². The van der Waals surface area contributed by atoms with Gasteiger partial charge in [-0.25, -0.2) is 0 Å². The third kappa shape index (κ3) is 3.61. The first-order chi connectivity index (χ1) is 8.60. The molecule has 1 atom stereocenters. The summed E-state index contributed by atoms with van der Waals surface area (Å²) in [5, 5.41) is 11.8. The minimum atomic E-state index is 0.352. The molecule has 106 valence electrons. The van der Waals surface area contributed by atoms with Crippen LogP contribution in [0.25, 0.3) is 0 Å². The SMILES string of the molecule is CCC(CC(N)=NO)N1CCC(CC)(CC)CC1. The van der Waals surface area contributed by atoms with Crippen LogP contribution in [0.15, 0.2) is 5.16 Å². The van der Waals surface area contributed by atoms with Gasteiger partial charge in [0, 0.05) is 12.5 Å². The summed E-state index contributed by atoms with van der Waals surface area (Å²) in [7, 11) is 0. The maximum Gasteiger partial charge on any atom is 0.140 e. The van der Waals surface area contributed by atoms with Gasteiger partial charge in [-0.15, -0.1) is 0 Å². The fourth-order valence-corrected chi connectivity index (χ4v) is 3.13. The Kier molecular flexibility index (Phi) is 5.93. The number of hydrogen-bond acceptors (Lipinski definition) is 3. The van der Waals surface area contributed by atoms with Gasteiger partial charge < -0.3 is 10.9 Å². The number of likely N-dealkylation sites (tertiary alicyclic amines) is 1. The highest BCUT2D eigenvalue weighted by Crippen LogP contribution is 2.38. The Morgan fingerprint density at radius 1 is 1.28 bits per heavy atom. The molecule has 0 aromatic heterocycles. The second-order valence-electron chi connectivity index (χ2n) is 5.60. The van der Waals surface area contributed by atoms with Gasteiger partial charge in [-0.05, 0) is 37.8 Å². The minimum absolute atomic E-state index is 0.352. The molecule has 0 bridgehead atoms. The highest BCUT2D eigenvalue weighted by molar-refractivity contribution is 5.80. The fourth-order valence-electron chi connectivity index (χ4n) is 3.13. The lowest BCUT2D eigenvalue weighted by atomic mass is 9.74. The van der Waals surface area contributed by atoms with Gasteiger partial charge in [0.15, 0.2) is 0 Å². The van der Waals surface area contributed by atoms with Crippen LogP contribution < -0.4 is 5.73 Å². The van der Waals surface area contributed by atoms with Gasteiger partial charge in [0.2, 0.25) is 0 Å². The van der Waals surface area contributed by atoms with E-state index in [4.69, 9.17) is 10.9 Å². The monoisotopic (exact) mass is 255 g/mol. The van der Waals surface area contributed by atoms with Gasteiger partial charge in [-0.1, -0.05) is 38.8 Å². The largest absolute Gasteiger partial charge is 0.409 e. The van der Waals surface area contributed by atoms with E-state index in [1.54, 1.807) is 0 Å². The summed E-state index contributed by atoms with van der Waals surface area (Å²) in [6.45, 7) is 9.11. The topological polar surface area (TPSA) is 61.9 Å². The number of rotatable bonds is 6. The van der Waals surface area contributed by atoms with Gasteiger partial charge in [0.05, 0.1) is 0 Å². The zero-order chi connectivity index (χ0) is 13.6. The Labute approximate surface area is 111 Å². The van der Waals surface area contributed by atoms with Crippen LogP contribution in [-0.4, -0.2) is 35.1 Å². The predicted octanol–water partition coefficient (Wildman–Crippen LogP) is 2.80. The lowest BCUT2D eigenvalue weighted by Crippen LogP contribution is -2.46. The van der Waals surface area contributed by atoms with Crippen molar-refractivity contribution in [3.05, 3.63) is 0 Å². The minimum Gasteiger partial charge on any atom is -0.409 e. The van der Waals surface area contributed by atoms with Crippen LogP contribution in [-0.2, 0) is 0 Å². The number of piperidine rings is 1. The molecule has 3 N–H and O–H groups in total. The molecule has 0 aliphatic carbocycles. The van der Waals surface area contributed by atoms with Crippen molar-refractivity contribution in [1.82, 2.24) is 4.90 Å². The zero-order valence-corrected chi connectivity index (χ0v) is 12.2.